The van der Waals surface area contributed by atoms with Crippen LogP contribution in [0.5, 0.6) is 0 Å². The highest BCUT2D eigenvalue weighted by molar-refractivity contribution is 7.99. The molecule has 1 aliphatic rings. The number of aliphatic hydroxyl groups is 1. The Bertz CT molecular complexity index is 563. The number of fused-ring (bicyclic) bond motifs is 1. The van der Waals surface area contributed by atoms with Gasteiger partial charge in [0.15, 0.2) is 0 Å². The van der Waals surface area contributed by atoms with Gasteiger partial charge in [0.1, 0.15) is 0 Å². The van der Waals surface area contributed by atoms with Gasteiger partial charge in [-0.05, 0) is 34.6 Å². The van der Waals surface area contributed by atoms with E-state index in [9.17, 15) is 5.11 Å². The van der Waals surface area contributed by atoms with Crippen LogP contribution < -0.4 is 5.32 Å². The summed E-state index contributed by atoms with van der Waals surface area (Å²) >= 11 is 1.84. The molecule has 1 heterocycles. The molecule has 100 valence electrons. The summed E-state index contributed by atoms with van der Waals surface area (Å²) in [5.41, 5.74) is 0.773. The zero-order valence-electron chi connectivity index (χ0n) is 10.9. The Morgan fingerprint density at radius 3 is 2.79 bits per heavy atom. The van der Waals surface area contributed by atoms with E-state index in [4.69, 9.17) is 0 Å². The third-order valence-corrected chi connectivity index (χ3v) is 4.91. The van der Waals surface area contributed by atoms with Gasteiger partial charge in [-0.1, -0.05) is 36.4 Å². The molecule has 1 saturated heterocycles. The van der Waals surface area contributed by atoms with Gasteiger partial charge < -0.3 is 10.4 Å². The second-order valence-corrected chi connectivity index (χ2v) is 6.42. The largest absolute Gasteiger partial charge is 0.388 e. The van der Waals surface area contributed by atoms with Crippen molar-refractivity contribution in [1.29, 1.82) is 0 Å². The van der Waals surface area contributed by atoms with Crippen LogP contribution in [0.4, 0.5) is 0 Å². The van der Waals surface area contributed by atoms with Crippen molar-refractivity contribution >= 4 is 22.5 Å². The lowest BCUT2D eigenvalue weighted by Crippen LogP contribution is -2.40. The number of hydrogen-bond acceptors (Lipinski definition) is 3. The molecule has 2 aromatic carbocycles. The number of benzene rings is 2. The van der Waals surface area contributed by atoms with Crippen LogP contribution in [0, 0.1) is 0 Å². The van der Waals surface area contributed by atoms with Gasteiger partial charge in [0, 0.05) is 18.8 Å². The lowest BCUT2D eigenvalue weighted by Gasteiger charge is -2.21. The van der Waals surface area contributed by atoms with Crippen molar-refractivity contribution in [3.05, 3.63) is 48.0 Å². The molecule has 19 heavy (non-hydrogen) atoms. The summed E-state index contributed by atoms with van der Waals surface area (Å²) in [6, 6.07) is 14.9. The minimum absolute atomic E-state index is 0.498. The van der Waals surface area contributed by atoms with E-state index < -0.39 is 5.60 Å². The standard InChI is InChI=1S/C16H19NOS/c18-16(7-8-19-12-16)11-17-10-13-5-6-14-3-1-2-4-15(14)9-13/h1-6,9,17-18H,7-8,10-12H2. The molecule has 0 saturated carbocycles. The Morgan fingerprint density at radius 1 is 1.16 bits per heavy atom. The first-order chi connectivity index (χ1) is 9.25. The van der Waals surface area contributed by atoms with E-state index >= 15 is 0 Å². The molecular formula is C16H19NOS. The monoisotopic (exact) mass is 273 g/mol. The maximum atomic E-state index is 10.3. The average molecular weight is 273 g/mol. The Morgan fingerprint density at radius 2 is 2.00 bits per heavy atom. The smallest absolute Gasteiger partial charge is 0.0869 e. The molecule has 0 radical (unpaired) electrons. The fourth-order valence-corrected chi connectivity index (χ4v) is 3.82. The molecule has 3 rings (SSSR count). The van der Waals surface area contributed by atoms with Gasteiger partial charge in [0.25, 0.3) is 0 Å². The molecule has 2 N–H and O–H groups in total. The van der Waals surface area contributed by atoms with Crippen LogP contribution in [0.3, 0.4) is 0 Å². The van der Waals surface area contributed by atoms with Gasteiger partial charge in [-0.15, -0.1) is 0 Å². The highest BCUT2D eigenvalue weighted by Gasteiger charge is 2.30. The normalized spacial score (nSPS) is 23.0. The SMILES string of the molecule is OC1(CNCc2ccc3ccccc3c2)CCSC1. The van der Waals surface area contributed by atoms with E-state index in [1.54, 1.807) is 0 Å². The predicted molar refractivity (Wildman–Crippen MR) is 82.5 cm³/mol. The van der Waals surface area contributed by atoms with Crippen LogP contribution in [-0.4, -0.2) is 28.8 Å². The van der Waals surface area contributed by atoms with Gasteiger partial charge in [-0.25, -0.2) is 0 Å². The quantitative estimate of drug-likeness (QED) is 0.898. The van der Waals surface area contributed by atoms with E-state index in [0.29, 0.717) is 6.54 Å². The van der Waals surface area contributed by atoms with Crippen molar-refractivity contribution in [3.8, 4) is 0 Å². The Labute approximate surface area is 118 Å². The van der Waals surface area contributed by atoms with Crippen LogP contribution in [0.1, 0.15) is 12.0 Å². The Kier molecular flexibility index (Phi) is 3.78. The summed E-state index contributed by atoms with van der Waals surface area (Å²) in [5.74, 6) is 1.94. The third-order valence-electron chi connectivity index (χ3n) is 3.68. The summed E-state index contributed by atoms with van der Waals surface area (Å²) in [5, 5.41) is 16.2. The molecule has 2 nitrogen and oxygen atoms in total. The van der Waals surface area contributed by atoms with Gasteiger partial charge in [0.2, 0.25) is 0 Å². The van der Waals surface area contributed by atoms with Crippen LogP contribution in [0.15, 0.2) is 42.5 Å². The lowest BCUT2D eigenvalue weighted by atomic mass is 10.0. The molecule has 0 aromatic heterocycles. The van der Waals surface area contributed by atoms with Crippen molar-refractivity contribution in [2.75, 3.05) is 18.1 Å². The molecule has 0 aliphatic carbocycles. The van der Waals surface area contributed by atoms with Crippen molar-refractivity contribution < 1.29 is 5.11 Å². The van der Waals surface area contributed by atoms with E-state index in [1.165, 1.54) is 16.3 Å². The van der Waals surface area contributed by atoms with E-state index in [0.717, 1.165) is 24.5 Å². The molecule has 2 aromatic rings. The minimum Gasteiger partial charge on any atom is -0.388 e. The van der Waals surface area contributed by atoms with E-state index in [2.05, 4.69) is 47.8 Å². The maximum absolute atomic E-state index is 10.3. The molecule has 1 atom stereocenters. The molecule has 0 bridgehead atoms. The Balaban J connectivity index is 1.62. The number of hydrogen-bond donors (Lipinski definition) is 2. The first-order valence-corrected chi connectivity index (χ1v) is 7.89. The highest BCUT2D eigenvalue weighted by Crippen LogP contribution is 2.27. The molecule has 3 heteroatoms. The zero-order valence-corrected chi connectivity index (χ0v) is 11.7. The van der Waals surface area contributed by atoms with Crippen LogP contribution in [-0.2, 0) is 6.54 Å². The molecule has 1 unspecified atom stereocenters. The van der Waals surface area contributed by atoms with E-state index in [1.807, 2.05) is 11.8 Å². The summed E-state index contributed by atoms with van der Waals surface area (Å²) < 4.78 is 0. The second kappa shape index (κ2) is 5.53. The summed E-state index contributed by atoms with van der Waals surface area (Å²) in [6.45, 7) is 1.50. The van der Waals surface area contributed by atoms with Gasteiger partial charge in [0.05, 0.1) is 5.60 Å². The third kappa shape index (κ3) is 3.11. The summed E-state index contributed by atoms with van der Waals surface area (Å²) in [6.07, 6.45) is 0.905. The second-order valence-electron chi connectivity index (χ2n) is 5.31. The fourth-order valence-electron chi connectivity index (χ4n) is 2.52. The zero-order chi connectivity index (χ0) is 13.1. The number of thioether (sulfide) groups is 1. The summed E-state index contributed by atoms with van der Waals surface area (Å²) in [7, 11) is 0. The molecule has 1 fully saturated rings. The van der Waals surface area contributed by atoms with Gasteiger partial charge in [-0.3, -0.25) is 0 Å². The van der Waals surface area contributed by atoms with E-state index in [-0.39, 0.29) is 0 Å². The van der Waals surface area contributed by atoms with Crippen molar-refractivity contribution in [1.82, 2.24) is 5.32 Å². The lowest BCUT2D eigenvalue weighted by molar-refractivity contribution is 0.0675. The van der Waals surface area contributed by atoms with Crippen molar-refractivity contribution in [2.24, 2.45) is 0 Å². The molecule has 0 spiro atoms. The maximum Gasteiger partial charge on any atom is 0.0869 e. The molecular weight excluding hydrogens is 254 g/mol. The average Bonchev–Trinajstić information content (AvgIpc) is 2.86. The molecule has 0 amide bonds. The molecule has 1 aliphatic heterocycles. The Hall–Kier alpha value is -1.03. The fraction of sp³-hybridized carbons (Fsp3) is 0.375. The van der Waals surface area contributed by atoms with Gasteiger partial charge in [-0.2, -0.15) is 11.8 Å². The first-order valence-electron chi connectivity index (χ1n) is 6.74. The van der Waals surface area contributed by atoms with Gasteiger partial charge >= 0.3 is 0 Å². The van der Waals surface area contributed by atoms with Crippen LogP contribution in [0.25, 0.3) is 10.8 Å². The van der Waals surface area contributed by atoms with Crippen molar-refractivity contribution in [3.63, 3.8) is 0 Å². The van der Waals surface area contributed by atoms with Crippen LogP contribution >= 0.6 is 11.8 Å². The van der Waals surface area contributed by atoms with Crippen molar-refractivity contribution in [2.45, 2.75) is 18.6 Å². The topological polar surface area (TPSA) is 32.3 Å². The first kappa shape index (κ1) is 13.0. The summed E-state index contributed by atoms with van der Waals surface area (Å²) in [4.78, 5) is 0. The highest BCUT2D eigenvalue weighted by atomic mass is 32.2. The minimum atomic E-state index is -0.498. The van der Waals surface area contributed by atoms with Crippen LogP contribution in [0.2, 0.25) is 0 Å². The number of rotatable bonds is 4. The number of nitrogens with one attached hydrogen (secondary N) is 1. The predicted octanol–water partition coefficient (Wildman–Crippen LogP) is 2.80.